The van der Waals surface area contributed by atoms with Crippen LogP contribution < -0.4 is 10.6 Å². The Morgan fingerprint density at radius 2 is 2.22 bits per heavy atom. The van der Waals surface area contributed by atoms with Gasteiger partial charge in [0.15, 0.2) is 0 Å². The average Bonchev–Trinajstić information content (AvgIpc) is 2.27. The molecule has 1 heterocycles. The minimum Gasteiger partial charge on any atom is -0.370 e. The molecule has 2 N–H and O–H groups in total. The molecule has 106 valence electrons. The van der Waals surface area contributed by atoms with E-state index in [2.05, 4.69) is 15.4 Å². The number of ether oxygens (including phenoxy) is 1. The number of carbonyl (C=O) groups is 1. The van der Waals surface area contributed by atoms with Crippen LogP contribution in [0.25, 0.3) is 0 Å². The molecule has 0 spiro atoms. The van der Waals surface area contributed by atoms with Gasteiger partial charge in [0, 0.05) is 6.54 Å². The van der Waals surface area contributed by atoms with Crippen molar-refractivity contribution in [3.63, 3.8) is 0 Å². The lowest BCUT2D eigenvalue weighted by Gasteiger charge is -2.28. The van der Waals surface area contributed by atoms with Crippen LogP contribution in [0.3, 0.4) is 0 Å². The van der Waals surface area contributed by atoms with E-state index in [9.17, 15) is 18.0 Å². The van der Waals surface area contributed by atoms with Gasteiger partial charge in [-0.05, 0) is 25.3 Å². The van der Waals surface area contributed by atoms with E-state index in [1.807, 2.05) is 6.92 Å². The van der Waals surface area contributed by atoms with E-state index < -0.39 is 12.8 Å². The minimum absolute atomic E-state index is 0.0970. The summed E-state index contributed by atoms with van der Waals surface area (Å²) in [5, 5.41) is 5.68. The summed E-state index contributed by atoms with van der Waals surface area (Å²) in [5.41, 5.74) is 0. The van der Waals surface area contributed by atoms with E-state index in [4.69, 9.17) is 0 Å². The van der Waals surface area contributed by atoms with Crippen molar-refractivity contribution < 1.29 is 22.7 Å². The molecule has 0 bridgehead atoms. The number of amides is 1. The van der Waals surface area contributed by atoms with Gasteiger partial charge in [0.2, 0.25) is 5.91 Å². The molecule has 0 aromatic heterocycles. The first-order valence-corrected chi connectivity index (χ1v) is 6.06. The summed E-state index contributed by atoms with van der Waals surface area (Å²) in [6, 6.07) is -0.249. The molecular formula is C11H19F3N2O2. The summed E-state index contributed by atoms with van der Waals surface area (Å²) >= 11 is 0. The molecule has 1 amide bonds. The number of piperidine rings is 1. The number of carbonyl (C=O) groups excluding carboxylic acids is 1. The Morgan fingerprint density at radius 1 is 1.50 bits per heavy atom. The fourth-order valence-corrected chi connectivity index (χ4v) is 1.94. The second-order valence-electron chi connectivity index (χ2n) is 4.51. The van der Waals surface area contributed by atoms with Gasteiger partial charge in [-0.25, -0.2) is 0 Å². The Hall–Kier alpha value is -0.820. The average molecular weight is 268 g/mol. The lowest BCUT2D eigenvalue weighted by atomic mass is 9.92. The molecule has 2 unspecified atom stereocenters. The summed E-state index contributed by atoms with van der Waals surface area (Å²) in [4.78, 5) is 11.7. The summed E-state index contributed by atoms with van der Waals surface area (Å²) in [5.74, 6) is 0.0765. The van der Waals surface area contributed by atoms with Crippen molar-refractivity contribution >= 4 is 5.91 Å². The highest BCUT2D eigenvalue weighted by Gasteiger charge is 2.28. The highest BCUT2D eigenvalue weighted by molar-refractivity contribution is 5.82. The van der Waals surface area contributed by atoms with Gasteiger partial charge >= 0.3 is 6.18 Å². The minimum atomic E-state index is -4.32. The fourth-order valence-electron chi connectivity index (χ4n) is 1.94. The van der Waals surface area contributed by atoms with Crippen LogP contribution >= 0.6 is 0 Å². The predicted molar refractivity (Wildman–Crippen MR) is 60.1 cm³/mol. The maximum absolute atomic E-state index is 11.8. The molecular weight excluding hydrogens is 249 g/mol. The Balaban J connectivity index is 2.13. The number of halogens is 3. The summed E-state index contributed by atoms with van der Waals surface area (Å²) in [7, 11) is 0. The van der Waals surface area contributed by atoms with Gasteiger partial charge in [0.05, 0.1) is 12.6 Å². The maximum Gasteiger partial charge on any atom is 0.411 e. The first kappa shape index (κ1) is 15.2. The van der Waals surface area contributed by atoms with E-state index in [0.717, 1.165) is 19.4 Å². The Labute approximate surface area is 104 Å². The number of rotatable bonds is 5. The van der Waals surface area contributed by atoms with Crippen molar-refractivity contribution in [1.29, 1.82) is 0 Å². The van der Waals surface area contributed by atoms with Gasteiger partial charge in [-0.3, -0.25) is 4.79 Å². The van der Waals surface area contributed by atoms with Crippen LogP contribution in [-0.4, -0.2) is 44.4 Å². The molecule has 4 nitrogen and oxygen atoms in total. The van der Waals surface area contributed by atoms with Crippen molar-refractivity contribution in [3.05, 3.63) is 0 Å². The van der Waals surface area contributed by atoms with Crippen LogP contribution in [-0.2, 0) is 9.53 Å². The molecule has 2 atom stereocenters. The van der Waals surface area contributed by atoms with Gasteiger partial charge < -0.3 is 15.4 Å². The normalized spacial score (nSPS) is 24.9. The molecule has 0 radical (unpaired) electrons. The van der Waals surface area contributed by atoms with Gasteiger partial charge in [-0.1, -0.05) is 6.92 Å². The van der Waals surface area contributed by atoms with Crippen molar-refractivity contribution in [1.82, 2.24) is 10.6 Å². The second kappa shape index (κ2) is 6.94. The van der Waals surface area contributed by atoms with Crippen LogP contribution in [0.5, 0.6) is 0 Å². The predicted octanol–water partition coefficient (Wildman–Crippen LogP) is 1.07. The zero-order valence-electron chi connectivity index (χ0n) is 10.3. The first-order valence-electron chi connectivity index (χ1n) is 6.06. The molecule has 0 aromatic rings. The quantitative estimate of drug-likeness (QED) is 0.733. The monoisotopic (exact) mass is 268 g/mol. The Morgan fingerprint density at radius 3 is 2.83 bits per heavy atom. The molecule has 1 aliphatic rings. The van der Waals surface area contributed by atoms with E-state index >= 15 is 0 Å². The van der Waals surface area contributed by atoms with E-state index in [0.29, 0.717) is 0 Å². The summed E-state index contributed by atoms with van der Waals surface area (Å²) in [6.07, 6.45) is -2.29. The van der Waals surface area contributed by atoms with Crippen molar-refractivity contribution in [3.8, 4) is 0 Å². The van der Waals surface area contributed by atoms with E-state index in [-0.39, 0.29) is 31.0 Å². The molecule has 0 saturated carbocycles. The van der Waals surface area contributed by atoms with Crippen LogP contribution in [0, 0.1) is 5.92 Å². The van der Waals surface area contributed by atoms with Crippen molar-refractivity contribution in [2.45, 2.75) is 32.0 Å². The molecule has 1 aliphatic heterocycles. The van der Waals surface area contributed by atoms with Crippen LogP contribution in [0.1, 0.15) is 19.8 Å². The molecule has 18 heavy (non-hydrogen) atoms. The molecule has 0 aromatic carbocycles. The molecule has 1 rings (SSSR count). The SMILES string of the molecule is CC1CCCNC1C(=O)NCCOCC(F)(F)F. The zero-order chi connectivity index (χ0) is 13.6. The Kier molecular flexibility index (Phi) is 5.87. The fraction of sp³-hybridized carbons (Fsp3) is 0.909. The topological polar surface area (TPSA) is 50.4 Å². The molecule has 0 aliphatic carbocycles. The third kappa shape index (κ3) is 5.68. The molecule has 7 heteroatoms. The van der Waals surface area contributed by atoms with E-state index in [1.165, 1.54) is 0 Å². The number of hydrogen-bond donors (Lipinski definition) is 2. The van der Waals surface area contributed by atoms with Crippen molar-refractivity contribution in [2.24, 2.45) is 5.92 Å². The lowest BCUT2D eigenvalue weighted by Crippen LogP contribution is -2.51. The summed E-state index contributed by atoms with van der Waals surface area (Å²) < 4.78 is 39.7. The van der Waals surface area contributed by atoms with Crippen molar-refractivity contribution in [2.75, 3.05) is 26.3 Å². The van der Waals surface area contributed by atoms with Crippen LogP contribution in [0.15, 0.2) is 0 Å². The van der Waals surface area contributed by atoms with Gasteiger partial charge in [-0.15, -0.1) is 0 Å². The standard InChI is InChI=1S/C11H19F3N2O2/c1-8-3-2-4-15-9(8)10(17)16-5-6-18-7-11(12,13)14/h8-9,15H,2-7H2,1H3,(H,16,17). The van der Waals surface area contributed by atoms with Crippen LogP contribution in [0.2, 0.25) is 0 Å². The largest absolute Gasteiger partial charge is 0.411 e. The highest BCUT2D eigenvalue weighted by atomic mass is 19.4. The Bertz CT molecular complexity index is 272. The van der Waals surface area contributed by atoms with Gasteiger partial charge in [0.1, 0.15) is 6.61 Å². The number of alkyl halides is 3. The highest BCUT2D eigenvalue weighted by Crippen LogP contribution is 2.15. The first-order chi connectivity index (χ1) is 8.40. The summed E-state index contributed by atoms with van der Waals surface area (Å²) in [6.45, 7) is 1.47. The van der Waals surface area contributed by atoms with Crippen LogP contribution in [0.4, 0.5) is 13.2 Å². The third-order valence-electron chi connectivity index (χ3n) is 2.86. The zero-order valence-corrected chi connectivity index (χ0v) is 10.3. The lowest BCUT2D eigenvalue weighted by molar-refractivity contribution is -0.173. The van der Waals surface area contributed by atoms with Gasteiger partial charge in [-0.2, -0.15) is 13.2 Å². The van der Waals surface area contributed by atoms with Gasteiger partial charge in [0.25, 0.3) is 0 Å². The maximum atomic E-state index is 11.8. The number of hydrogen-bond acceptors (Lipinski definition) is 3. The van der Waals surface area contributed by atoms with E-state index in [1.54, 1.807) is 0 Å². The number of nitrogens with one attached hydrogen (secondary N) is 2. The second-order valence-corrected chi connectivity index (χ2v) is 4.51. The molecule has 1 fully saturated rings. The smallest absolute Gasteiger partial charge is 0.370 e. The third-order valence-corrected chi connectivity index (χ3v) is 2.86. The molecule has 1 saturated heterocycles.